The van der Waals surface area contributed by atoms with Crippen LogP contribution in [0.5, 0.6) is 0 Å². The molecule has 0 saturated carbocycles. The van der Waals surface area contributed by atoms with E-state index in [1.165, 1.54) is 0 Å². The van der Waals surface area contributed by atoms with Crippen molar-refractivity contribution >= 4 is 17.6 Å². The molecule has 108 valence electrons. The minimum Gasteiger partial charge on any atom is -0.364 e. The van der Waals surface area contributed by atoms with Gasteiger partial charge in [-0.15, -0.1) is 10.2 Å². The number of nitrogens with zero attached hydrogens (tertiary/aromatic N) is 3. The van der Waals surface area contributed by atoms with Crippen LogP contribution in [0.3, 0.4) is 0 Å². The fraction of sp³-hybridized carbons (Fsp3) is 0.538. The summed E-state index contributed by atoms with van der Waals surface area (Å²) in [6, 6.07) is 3.54. The predicted molar refractivity (Wildman–Crippen MR) is 74.3 cm³/mol. The lowest BCUT2D eigenvalue weighted by Gasteiger charge is -2.30. The first kappa shape index (κ1) is 14.2. The van der Waals surface area contributed by atoms with Crippen molar-refractivity contribution in [3.63, 3.8) is 0 Å². The zero-order valence-electron chi connectivity index (χ0n) is 11.7. The van der Waals surface area contributed by atoms with Crippen LogP contribution < -0.4 is 10.6 Å². The van der Waals surface area contributed by atoms with Crippen LogP contribution in [0.25, 0.3) is 0 Å². The van der Waals surface area contributed by atoms with Gasteiger partial charge < -0.3 is 15.5 Å². The second-order valence-electron chi connectivity index (χ2n) is 4.82. The lowest BCUT2D eigenvalue weighted by molar-refractivity contribution is -0.132. The van der Waals surface area contributed by atoms with Crippen molar-refractivity contribution in [1.82, 2.24) is 20.4 Å². The molecule has 0 bridgehead atoms. The molecule has 2 rings (SSSR count). The molecule has 7 nitrogen and oxygen atoms in total. The Morgan fingerprint density at radius 2 is 2.25 bits per heavy atom. The van der Waals surface area contributed by atoms with E-state index >= 15 is 0 Å². The number of anilines is 1. The van der Waals surface area contributed by atoms with Gasteiger partial charge >= 0.3 is 0 Å². The first-order chi connectivity index (χ1) is 9.60. The maximum absolute atomic E-state index is 11.5. The number of carbonyl (C=O) groups excluding carboxylic acids is 2. The quantitative estimate of drug-likeness (QED) is 0.824. The Kier molecular flexibility index (Phi) is 4.49. The van der Waals surface area contributed by atoms with Crippen molar-refractivity contribution in [3.05, 3.63) is 17.8 Å². The van der Waals surface area contributed by atoms with Crippen LogP contribution in [-0.2, 0) is 4.79 Å². The van der Waals surface area contributed by atoms with Crippen LogP contribution in [-0.4, -0.2) is 53.1 Å². The average Bonchev–Trinajstić information content (AvgIpc) is 2.44. The highest BCUT2D eigenvalue weighted by Crippen LogP contribution is 2.14. The standard InChI is InChI=1S/C13H19N5O2/c1-3-14-13(20)10-5-6-11(17-16-10)15-9-4-7-12(19)18(2)8-9/h5-6,9H,3-4,7-8H2,1-2H3,(H,14,20)(H,15,17). The molecular weight excluding hydrogens is 258 g/mol. The topological polar surface area (TPSA) is 87.2 Å². The van der Waals surface area contributed by atoms with Gasteiger partial charge in [0.15, 0.2) is 5.69 Å². The Morgan fingerprint density at radius 3 is 2.85 bits per heavy atom. The third-order valence-electron chi connectivity index (χ3n) is 3.21. The summed E-state index contributed by atoms with van der Waals surface area (Å²) in [6.07, 6.45) is 1.32. The third-order valence-corrected chi connectivity index (χ3v) is 3.21. The largest absolute Gasteiger partial charge is 0.364 e. The normalized spacial score (nSPS) is 18.8. The second kappa shape index (κ2) is 6.31. The maximum Gasteiger partial charge on any atom is 0.271 e. The van der Waals surface area contributed by atoms with Gasteiger partial charge in [-0.1, -0.05) is 0 Å². The Morgan fingerprint density at radius 1 is 1.45 bits per heavy atom. The van der Waals surface area contributed by atoms with Crippen LogP contribution in [0.2, 0.25) is 0 Å². The summed E-state index contributed by atoms with van der Waals surface area (Å²) < 4.78 is 0. The minimum absolute atomic E-state index is 0.167. The first-order valence-electron chi connectivity index (χ1n) is 6.72. The number of amides is 2. The smallest absolute Gasteiger partial charge is 0.271 e. The molecule has 1 aliphatic heterocycles. The van der Waals surface area contributed by atoms with Gasteiger partial charge in [0.2, 0.25) is 5.91 Å². The van der Waals surface area contributed by atoms with Crippen LogP contribution in [0.1, 0.15) is 30.3 Å². The van der Waals surface area contributed by atoms with Gasteiger partial charge in [-0.2, -0.15) is 0 Å². The Labute approximate surface area is 117 Å². The van der Waals surface area contributed by atoms with Crippen LogP contribution in [0, 0.1) is 0 Å². The van der Waals surface area contributed by atoms with E-state index in [9.17, 15) is 9.59 Å². The van der Waals surface area contributed by atoms with Gasteiger partial charge in [-0.25, -0.2) is 0 Å². The predicted octanol–water partition coefficient (Wildman–Crippen LogP) is 0.259. The Hall–Kier alpha value is -2.18. The van der Waals surface area contributed by atoms with E-state index in [1.54, 1.807) is 24.1 Å². The fourth-order valence-corrected chi connectivity index (χ4v) is 2.12. The van der Waals surface area contributed by atoms with Crippen molar-refractivity contribution in [2.45, 2.75) is 25.8 Å². The highest BCUT2D eigenvalue weighted by Gasteiger charge is 2.22. The molecule has 2 amide bonds. The second-order valence-corrected chi connectivity index (χ2v) is 4.82. The van der Waals surface area contributed by atoms with Crippen LogP contribution in [0.15, 0.2) is 12.1 Å². The molecule has 2 N–H and O–H groups in total. The van der Waals surface area contributed by atoms with Crippen molar-refractivity contribution in [1.29, 1.82) is 0 Å². The summed E-state index contributed by atoms with van der Waals surface area (Å²) in [4.78, 5) is 24.7. The zero-order valence-corrected chi connectivity index (χ0v) is 11.7. The fourth-order valence-electron chi connectivity index (χ4n) is 2.12. The minimum atomic E-state index is -0.227. The van der Waals surface area contributed by atoms with Crippen molar-refractivity contribution < 1.29 is 9.59 Å². The number of piperidine rings is 1. The van der Waals surface area contributed by atoms with E-state index in [1.807, 2.05) is 6.92 Å². The van der Waals surface area contributed by atoms with Gasteiger partial charge in [0.1, 0.15) is 5.82 Å². The lowest BCUT2D eigenvalue weighted by Crippen LogP contribution is -2.43. The van der Waals surface area contributed by atoms with Crippen molar-refractivity contribution in [3.8, 4) is 0 Å². The van der Waals surface area contributed by atoms with Gasteiger partial charge in [-0.05, 0) is 25.5 Å². The Balaban J connectivity index is 1.94. The van der Waals surface area contributed by atoms with E-state index in [2.05, 4.69) is 20.8 Å². The first-order valence-corrected chi connectivity index (χ1v) is 6.72. The molecular formula is C13H19N5O2. The van der Waals surface area contributed by atoms with Gasteiger partial charge in [0.05, 0.1) is 0 Å². The molecule has 1 unspecified atom stereocenters. The van der Waals surface area contributed by atoms with E-state index < -0.39 is 0 Å². The number of hydrogen-bond donors (Lipinski definition) is 2. The number of likely N-dealkylation sites (tertiary alicyclic amines) is 1. The zero-order chi connectivity index (χ0) is 14.5. The molecule has 0 aromatic carbocycles. The van der Waals surface area contributed by atoms with Gasteiger partial charge in [0.25, 0.3) is 5.91 Å². The van der Waals surface area contributed by atoms with E-state index in [-0.39, 0.29) is 17.9 Å². The summed E-state index contributed by atoms with van der Waals surface area (Å²) in [7, 11) is 1.79. The van der Waals surface area contributed by atoms with E-state index in [0.717, 1.165) is 6.42 Å². The number of rotatable bonds is 4. The highest BCUT2D eigenvalue weighted by molar-refractivity contribution is 5.92. The highest BCUT2D eigenvalue weighted by atomic mass is 16.2. The number of likely N-dealkylation sites (N-methyl/N-ethyl adjacent to an activating group) is 1. The Bertz CT molecular complexity index is 488. The molecule has 1 atom stereocenters. The van der Waals surface area contributed by atoms with E-state index in [0.29, 0.717) is 31.0 Å². The molecule has 1 saturated heterocycles. The molecule has 1 aromatic heterocycles. The lowest BCUT2D eigenvalue weighted by atomic mass is 10.1. The SMILES string of the molecule is CCNC(=O)c1ccc(NC2CCC(=O)N(C)C2)nn1. The monoisotopic (exact) mass is 277 g/mol. The maximum atomic E-state index is 11.5. The third kappa shape index (κ3) is 3.43. The molecule has 0 radical (unpaired) electrons. The van der Waals surface area contributed by atoms with Gasteiger partial charge in [-0.3, -0.25) is 9.59 Å². The molecule has 7 heteroatoms. The van der Waals surface area contributed by atoms with Gasteiger partial charge in [0, 0.05) is 32.6 Å². The average molecular weight is 277 g/mol. The molecule has 2 heterocycles. The number of aromatic nitrogens is 2. The number of nitrogens with one attached hydrogen (secondary N) is 2. The van der Waals surface area contributed by atoms with E-state index in [4.69, 9.17) is 0 Å². The summed E-state index contributed by atoms with van der Waals surface area (Å²) in [5, 5.41) is 13.8. The molecule has 1 fully saturated rings. The summed E-state index contributed by atoms with van der Waals surface area (Å²) in [6.45, 7) is 3.06. The molecule has 0 spiro atoms. The summed E-state index contributed by atoms with van der Waals surface area (Å²) >= 11 is 0. The number of hydrogen-bond acceptors (Lipinski definition) is 5. The van der Waals surface area contributed by atoms with Crippen LogP contribution in [0.4, 0.5) is 5.82 Å². The van der Waals surface area contributed by atoms with Crippen LogP contribution >= 0.6 is 0 Å². The van der Waals surface area contributed by atoms with Crippen molar-refractivity contribution in [2.75, 3.05) is 25.5 Å². The molecule has 1 aliphatic rings. The summed E-state index contributed by atoms with van der Waals surface area (Å²) in [5.74, 6) is 0.557. The molecule has 0 aliphatic carbocycles. The van der Waals surface area contributed by atoms with Crippen molar-refractivity contribution in [2.24, 2.45) is 0 Å². The summed E-state index contributed by atoms with van der Waals surface area (Å²) in [5.41, 5.74) is 0.299. The molecule has 20 heavy (non-hydrogen) atoms. The molecule has 1 aromatic rings. The number of carbonyl (C=O) groups is 2.